The molecule has 5 heteroatoms. The Kier molecular flexibility index (Phi) is 4.85. The van der Waals surface area contributed by atoms with Crippen LogP contribution in [0.4, 0.5) is 0 Å². The molecule has 1 rings (SSSR count). The van der Waals surface area contributed by atoms with Crippen LogP contribution in [0.25, 0.3) is 0 Å². The Morgan fingerprint density at radius 2 is 1.20 bits per heavy atom. The standard InChI is InChI=1S/C15H28N2O3/c1-13(2,3)16-11(18)15(7-9-20-10-8-15)12(19)17-14(4,5)6/h7-10H2,1-6H3,(H,16,18)(H,17,19). The first-order chi connectivity index (χ1) is 8.96. The van der Waals surface area contributed by atoms with Crippen LogP contribution in [0, 0.1) is 5.41 Å². The van der Waals surface area contributed by atoms with Crippen molar-refractivity contribution in [3.63, 3.8) is 0 Å². The van der Waals surface area contributed by atoms with Crippen molar-refractivity contribution >= 4 is 11.8 Å². The summed E-state index contributed by atoms with van der Waals surface area (Å²) in [5.41, 5.74) is -1.73. The summed E-state index contributed by atoms with van der Waals surface area (Å²) in [4.78, 5) is 25.3. The molecule has 0 atom stereocenters. The van der Waals surface area contributed by atoms with Gasteiger partial charge in [0.05, 0.1) is 0 Å². The van der Waals surface area contributed by atoms with Crippen molar-refractivity contribution in [1.82, 2.24) is 10.6 Å². The highest BCUT2D eigenvalue weighted by Gasteiger charge is 2.48. The third kappa shape index (κ3) is 4.47. The normalized spacial score (nSPS) is 19.3. The Hall–Kier alpha value is -1.10. The minimum atomic E-state index is -1.02. The quantitative estimate of drug-likeness (QED) is 0.757. The SMILES string of the molecule is CC(C)(C)NC(=O)C1(C(=O)NC(C)(C)C)CCOCC1. The second-order valence-electron chi connectivity index (χ2n) is 7.60. The molecule has 2 amide bonds. The summed E-state index contributed by atoms with van der Waals surface area (Å²) in [5.74, 6) is -0.398. The van der Waals surface area contributed by atoms with Crippen LogP contribution in [0.3, 0.4) is 0 Å². The van der Waals surface area contributed by atoms with Crippen LogP contribution in [0.1, 0.15) is 54.4 Å². The van der Waals surface area contributed by atoms with E-state index in [2.05, 4.69) is 10.6 Å². The molecule has 2 N–H and O–H groups in total. The Morgan fingerprint density at radius 1 is 0.850 bits per heavy atom. The monoisotopic (exact) mass is 284 g/mol. The zero-order valence-electron chi connectivity index (χ0n) is 13.6. The molecule has 5 nitrogen and oxygen atoms in total. The molecular formula is C15H28N2O3. The lowest BCUT2D eigenvalue weighted by atomic mass is 9.77. The summed E-state index contributed by atoms with van der Waals surface area (Å²) >= 11 is 0. The molecule has 0 saturated carbocycles. The van der Waals surface area contributed by atoms with Gasteiger partial charge in [-0.25, -0.2) is 0 Å². The molecule has 0 aromatic rings. The van der Waals surface area contributed by atoms with E-state index in [-0.39, 0.29) is 22.9 Å². The van der Waals surface area contributed by atoms with Gasteiger partial charge in [0.25, 0.3) is 0 Å². The molecule has 0 aromatic carbocycles. The minimum Gasteiger partial charge on any atom is -0.381 e. The number of rotatable bonds is 2. The third-order valence-electron chi connectivity index (χ3n) is 3.19. The van der Waals surface area contributed by atoms with Crippen molar-refractivity contribution in [2.75, 3.05) is 13.2 Å². The fraction of sp³-hybridized carbons (Fsp3) is 0.867. The predicted molar refractivity (Wildman–Crippen MR) is 78.3 cm³/mol. The molecule has 1 aliphatic heterocycles. The van der Waals surface area contributed by atoms with Gasteiger partial charge < -0.3 is 15.4 Å². The molecule has 0 unspecified atom stereocenters. The maximum absolute atomic E-state index is 12.6. The van der Waals surface area contributed by atoms with E-state index in [1.54, 1.807) is 0 Å². The van der Waals surface area contributed by atoms with Crippen LogP contribution in [-0.4, -0.2) is 36.1 Å². The average molecular weight is 284 g/mol. The number of hydrogen-bond donors (Lipinski definition) is 2. The first-order valence-electron chi connectivity index (χ1n) is 7.19. The lowest BCUT2D eigenvalue weighted by molar-refractivity contribution is -0.151. The van der Waals surface area contributed by atoms with Crippen molar-refractivity contribution in [2.24, 2.45) is 5.41 Å². The lowest BCUT2D eigenvalue weighted by Gasteiger charge is -2.38. The van der Waals surface area contributed by atoms with Gasteiger partial charge in [0, 0.05) is 24.3 Å². The first kappa shape index (κ1) is 17.0. The Labute approximate surface area is 121 Å². The van der Waals surface area contributed by atoms with E-state index in [0.717, 1.165) is 0 Å². The summed E-state index contributed by atoms with van der Waals surface area (Å²) in [6, 6.07) is 0. The van der Waals surface area contributed by atoms with E-state index < -0.39 is 5.41 Å². The van der Waals surface area contributed by atoms with E-state index in [9.17, 15) is 9.59 Å². The predicted octanol–water partition coefficient (Wildman–Crippen LogP) is 1.61. The van der Waals surface area contributed by atoms with Crippen LogP contribution in [0.5, 0.6) is 0 Å². The molecular weight excluding hydrogens is 256 g/mol. The zero-order valence-corrected chi connectivity index (χ0v) is 13.6. The highest BCUT2D eigenvalue weighted by atomic mass is 16.5. The van der Waals surface area contributed by atoms with Gasteiger partial charge in [0.1, 0.15) is 5.41 Å². The Morgan fingerprint density at radius 3 is 1.50 bits per heavy atom. The summed E-state index contributed by atoms with van der Waals surface area (Å²) < 4.78 is 5.33. The topological polar surface area (TPSA) is 67.4 Å². The van der Waals surface area contributed by atoms with Gasteiger partial charge in [-0.1, -0.05) is 0 Å². The van der Waals surface area contributed by atoms with Gasteiger partial charge in [0.2, 0.25) is 11.8 Å². The second-order valence-corrected chi connectivity index (χ2v) is 7.60. The van der Waals surface area contributed by atoms with Crippen LogP contribution in [0.15, 0.2) is 0 Å². The molecule has 0 aliphatic carbocycles. The van der Waals surface area contributed by atoms with E-state index >= 15 is 0 Å². The number of hydrogen-bond acceptors (Lipinski definition) is 3. The van der Waals surface area contributed by atoms with Gasteiger partial charge in [-0.3, -0.25) is 9.59 Å². The maximum atomic E-state index is 12.6. The van der Waals surface area contributed by atoms with E-state index in [1.807, 2.05) is 41.5 Å². The number of ether oxygens (including phenoxy) is 1. The number of carbonyl (C=O) groups excluding carboxylic acids is 2. The average Bonchev–Trinajstić information content (AvgIpc) is 2.25. The lowest BCUT2D eigenvalue weighted by Crippen LogP contribution is -2.59. The van der Waals surface area contributed by atoms with E-state index in [0.29, 0.717) is 26.1 Å². The maximum Gasteiger partial charge on any atom is 0.236 e. The molecule has 116 valence electrons. The number of carbonyl (C=O) groups is 2. The Bertz CT molecular complexity index is 342. The zero-order chi connectivity index (χ0) is 15.6. The summed E-state index contributed by atoms with van der Waals surface area (Å²) in [6.07, 6.45) is 0.855. The molecule has 1 heterocycles. The van der Waals surface area contributed by atoms with Crippen molar-refractivity contribution in [3.8, 4) is 0 Å². The molecule has 0 bridgehead atoms. The number of amides is 2. The van der Waals surface area contributed by atoms with Crippen molar-refractivity contribution in [2.45, 2.75) is 65.5 Å². The largest absolute Gasteiger partial charge is 0.381 e. The van der Waals surface area contributed by atoms with Crippen LogP contribution in [-0.2, 0) is 14.3 Å². The second kappa shape index (κ2) is 5.72. The van der Waals surface area contributed by atoms with Crippen molar-refractivity contribution in [3.05, 3.63) is 0 Å². The first-order valence-corrected chi connectivity index (χ1v) is 7.19. The Balaban J connectivity index is 2.97. The van der Waals surface area contributed by atoms with Gasteiger partial charge in [-0.2, -0.15) is 0 Å². The van der Waals surface area contributed by atoms with E-state index in [1.165, 1.54) is 0 Å². The number of nitrogens with one attached hydrogen (secondary N) is 2. The molecule has 1 aliphatic rings. The molecule has 0 aromatic heterocycles. The smallest absolute Gasteiger partial charge is 0.236 e. The summed E-state index contributed by atoms with van der Waals surface area (Å²) in [5, 5.41) is 5.88. The molecule has 0 radical (unpaired) electrons. The fourth-order valence-corrected chi connectivity index (χ4v) is 2.20. The minimum absolute atomic E-state index is 0.199. The molecule has 0 spiro atoms. The molecule has 20 heavy (non-hydrogen) atoms. The van der Waals surface area contributed by atoms with Gasteiger partial charge in [-0.05, 0) is 54.4 Å². The fourth-order valence-electron chi connectivity index (χ4n) is 2.20. The molecule has 1 saturated heterocycles. The van der Waals surface area contributed by atoms with Crippen LogP contribution < -0.4 is 10.6 Å². The van der Waals surface area contributed by atoms with Crippen LogP contribution >= 0.6 is 0 Å². The van der Waals surface area contributed by atoms with Gasteiger partial charge in [0.15, 0.2) is 0 Å². The van der Waals surface area contributed by atoms with Crippen molar-refractivity contribution in [1.29, 1.82) is 0 Å². The summed E-state index contributed by atoms with van der Waals surface area (Å²) in [7, 11) is 0. The van der Waals surface area contributed by atoms with Crippen molar-refractivity contribution < 1.29 is 14.3 Å². The van der Waals surface area contributed by atoms with Gasteiger partial charge >= 0.3 is 0 Å². The third-order valence-corrected chi connectivity index (χ3v) is 3.19. The van der Waals surface area contributed by atoms with E-state index in [4.69, 9.17) is 4.74 Å². The summed E-state index contributed by atoms with van der Waals surface area (Å²) in [6.45, 7) is 12.4. The highest BCUT2D eigenvalue weighted by Crippen LogP contribution is 2.32. The van der Waals surface area contributed by atoms with Gasteiger partial charge in [-0.15, -0.1) is 0 Å². The highest BCUT2D eigenvalue weighted by molar-refractivity contribution is 6.05. The van der Waals surface area contributed by atoms with Crippen LogP contribution in [0.2, 0.25) is 0 Å². The molecule has 1 fully saturated rings.